The Bertz CT molecular complexity index is 908. The fraction of sp³-hybridized carbons (Fsp3) is 0.708. The molecule has 5 rings (SSSR count). The van der Waals surface area contributed by atoms with Gasteiger partial charge in [-0.2, -0.15) is 0 Å². The summed E-state index contributed by atoms with van der Waals surface area (Å²) in [5.74, 6) is 1.45. The van der Waals surface area contributed by atoms with Gasteiger partial charge < -0.3 is 19.3 Å². The molecule has 1 heterocycles. The highest BCUT2D eigenvalue weighted by Gasteiger charge is 2.78. The zero-order valence-corrected chi connectivity index (χ0v) is 19.4. The van der Waals surface area contributed by atoms with Crippen LogP contribution < -0.4 is 4.74 Å². The average molecular weight is 450 g/mol. The maximum atomic E-state index is 13.6. The zero-order valence-electron chi connectivity index (χ0n) is 18.7. The van der Waals surface area contributed by atoms with E-state index in [1.807, 2.05) is 12.1 Å². The van der Waals surface area contributed by atoms with Gasteiger partial charge in [0.2, 0.25) is 0 Å². The van der Waals surface area contributed by atoms with Crippen LogP contribution in [0.1, 0.15) is 42.7 Å². The van der Waals surface area contributed by atoms with Crippen molar-refractivity contribution in [2.24, 2.45) is 16.7 Å². The SMILES string of the molecule is CCN1C[C@]2(COC)C(=O)CC[C@@]34C1[C@@H](c1cc(OC)c(O)cc1[C@H]3CCl)[C@H](OC)[C@H]24. The number of methoxy groups -OCH3 is 3. The lowest BCUT2D eigenvalue weighted by molar-refractivity contribution is -0.182. The maximum Gasteiger partial charge on any atom is 0.160 e. The van der Waals surface area contributed by atoms with Gasteiger partial charge in [0.15, 0.2) is 11.5 Å². The van der Waals surface area contributed by atoms with E-state index in [2.05, 4.69) is 11.8 Å². The van der Waals surface area contributed by atoms with Crippen LogP contribution in [0.5, 0.6) is 11.5 Å². The van der Waals surface area contributed by atoms with Gasteiger partial charge in [-0.05, 0) is 36.2 Å². The first-order valence-corrected chi connectivity index (χ1v) is 11.7. The Morgan fingerprint density at radius 2 is 2.03 bits per heavy atom. The number of likely N-dealkylation sites (N-methyl/N-ethyl adjacent to an activating group) is 1. The number of hydrogen-bond acceptors (Lipinski definition) is 6. The largest absolute Gasteiger partial charge is 0.504 e. The lowest BCUT2D eigenvalue weighted by Gasteiger charge is -2.64. The summed E-state index contributed by atoms with van der Waals surface area (Å²) in [7, 11) is 5.02. The highest BCUT2D eigenvalue weighted by molar-refractivity contribution is 6.18. The molecule has 3 aliphatic carbocycles. The molecule has 1 unspecified atom stereocenters. The first-order valence-electron chi connectivity index (χ1n) is 11.2. The minimum atomic E-state index is -0.604. The second kappa shape index (κ2) is 7.34. The Morgan fingerprint density at radius 1 is 1.26 bits per heavy atom. The number of carbonyl (C=O) groups excluding carboxylic acids is 1. The fourth-order valence-corrected chi connectivity index (χ4v) is 8.64. The van der Waals surface area contributed by atoms with E-state index in [1.165, 1.54) is 0 Å². The molecule has 31 heavy (non-hydrogen) atoms. The number of likely N-dealkylation sites (tertiary alicyclic amines) is 1. The average Bonchev–Trinajstić information content (AvgIpc) is 2.92. The first kappa shape index (κ1) is 21.5. The van der Waals surface area contributed by atoms with Crippen molar-refractivity contribution in [2.45, 2.75) is 43.7 Å². The number of aromatic hydroxyl groups is 1. The molecule has 4 aliphatic rings. The lowest BCUT2D eigenvalue weighted by Crippen LogP contribution is -2.70. The van der Waals surface area contributed by atoms with Crippen molar-refractivity contribution in [1.29, 1.82) is 0 Å². The zero-order chi connectivity index (χ0) is 22.1. The van der Waals surface area contributed by atoms with Crippen LogP contribution in [0.15, 0.2) is 12.1 Å². The summed E-state index contributed by atoms with van der Waals surface area (Å²) in [5.41, 5.74) is 1.42. The van der Waals surface area contributed by atoms with E-state index in [0.717, 1.165) is 24.1 Å². The molecule has 1 saturated heterocycles. The van der Waals surface area contributed by atoms with Crippen molar-refractivity contribution in [3.8, 4) is 11.5 Å². The van der Waals surface area contributed by atoms with Crippen LogP contribution >= 0.6 is 11.6 Å². The molecule has 7 atom stereocenters. The number of ketones is 1. The molecule has 2 saturated carbocycles. The van der Waals surface area contributed by atoms with Gasteiger partial charge in [-0.25, -0.2) is 0 Å². The number of carbonyl (C=O) groups is 1. The van der Waals surface area contributed by atoms with Gasteiger partial charge in [0, 0.05) is 62.3 Å². The fourth-order valence-electron chi connectivity index (χ4n) is 8.19. The van der Waals surface area contributed by atoms with Crippen LogP contribution in [0.2, 0.25) is 0 Å². The summed E-state index contributed by atoms with van der Waals surface area (Å²) in [4.78, 5) is 16.1. The molecule has 1 aromatic carbocycles. The number of Topliss-reactive ketones (excluding diaryl/α,β-unsaturated/α-hetero) is 1. The number of hydrogen-bond donors (Lipinski definition) is 1. The Kier molecular flexibility index (Phi) is 5.09. The Hall–Kier alpha value is -1.34. The summed E-state index contributed by atoms with van der Waals surface area (Å²) in [5, 5.41) is 10.6. The van der Waals surface area contributed by atoms with Crippen LogP contribution in [-0.4, -0.2) is 74.8 Å². The molecular formula is C24H32ClNO5. The molecule has 1 aromatic rings. The Labute approximate surface area is 188 Å². The summed E-state index contributed by atoms with van der Waals surface area (Å²) in [6.07, 6.45) is 1.22. The predicted molar refractivity (Wildman–Crippen MR) is 117 cm³/mol. The second-order valence-corrected chi connectivity index (χ2v) is 10.0. The third kappa shape index (κ3) is 2.42. The van der Waals surface area contributed by atoms with Crippen LogP contribution in [0.25, 0.3) is 0 Å². The topological polar surface area (TPSA) is 68.2 Å². The van der Waals surface area contributed by atoms with Crippen molar-refractivity contribution >= 4 is 17.4 Å². The maximum absolute atomic E-state index is 13.6. The quantitative estimate of drug-likeness (QED) is 0.673. The van der Waals surface area contributed by atoms with E-state index in [0.29, 0.717) is 31.2 Å². The van der Waals surface area contributed by atoms with Crippen molar-refractivity contribution in [2.75, 3.05) is 46.9 Å². The molecule has 170 valence electrons. The van der Waals surface area contributed by atoms with Crippen LogP contribution in [0.3, 0.4) is 0 Å². The second-order valence-electron chi connectivity index (χ2n) is 9.70. The lowest BCUT2D eigenvalue weighted by atomic mass is 9.46. The molecule has 1 N–H and O–H groups in total. The molecular weight excluding hydrogens is 418 g/mol. The number of fused-ring (bicyclic) bond motifs is 2. The number of alkyl halides is 1. The summed E-state index contributed by atoms with van der Waals surface area (Å²) < 4.78 is 17.4. The van der Waals surface area contributed by atoms with Gasteiger partial charge in [0.05, 0.1) is 25.2 Å². The monoisotopic (exact) mass is 449 g/mol. The van der Waals surface area contributed by atoms with E-state index in [9.17, 15) is 9.90 Å². The van der Waals surface area contributed by atoms with Crippen molar-refractivity contribution < 1.29 is 24.1 Å². The normalized spacial score (nSPS) is 40.7. The predicted octanol–water partition coefficient (Wildman–Crippen LogP) is 3.15. The molecule has 1 spiro atoms. The number of piperidine rings is 1. The third-order valence-electron chi connectivity index (χ3n) is 8.97. The van der Waals surface area contributed by atoms with Crippen LogP contribution in [0, 0.1) is 16.7 Å². The summed E-state index contributed by atoms with van der Waals surface area (Å²) >= 11 is 6.73. The highest BCUT2D eigenvalue weighted by Crippen LogP contribution is 2.74. The Morgan fingerprint density at radius 3 is 2.65 bits per heavy atom. The van der Waals surface area contributed by atoms with Crippen LogP contribution in [-0.2, 0) is 14.3 Å². The minimum absolute atomic E-state index is 0.0195. The van der Waals surface area contributed by atoms with Gasteiger partial charge in [-0.1, -0.05) is 6.92 Å². The Balaban J connectivity index is 1.83. The third-order valence-corrected chi connectivity index (χ3v) is 9.28. The first-order chi connectivity index (χ1) is 14.9. The number of ether oxygens (including phenoxy) is 3. The molecule has 0 radical (unpaired) electrons. The molecule has 6 nitrogen and oxygen atoms in total. The van der Waals surface area contributed by atoms with Crippen molar-refractivity contribution in [1.82, 2.24) is 4.90 Å². The standard InChI is InChI=1S/C24H32ClNO5/c1-5-26-11-23(12-29-2)18(28)6-7-24-15(10-25)13-8-16(27)17(30-3)9-14(13)19(22(24)26)20(31-4)21(23)24/h8-9,15,19-22,27H,5-7,10-12H2,1-4H3/t15-,19+,20+,21-,22?,23+,24-/m1/s1. The van der Waals surface area contributed by atoms with Crippen molar-refractivity contribution in [3.05, 3.63) is 23.3 Å². The number of phenolic OH excluding ortho intramolecular Hbond substituents is 1. The van der Waals surface area contributed by atoms with Crippen LogP contribution in [0.4, 0.5) is 0 Å². The molecule has 0 amide bonds. The van der Waals surface area contributed by atoms with Crippen molar-refractivity contribution in [3.63, 3.8) is 0 Å². The number of benzene rings is 1. The minimum Gasteiger partial charge on any atom is -0.504 e. The van der Waals surface area contributed by atoms with E-state index >= 15 is 0 Å². The van der Waals surface area contributed by atoms with Gasteiger partial charge in [-0.15, -0.1) is 11.6 Å². The molecule has 0 aromatic heterocycles. The molecule has 5 bridgehead atoms. The number of rotatable bonds is 6. The summed E-state index contributed by atoms with van der Waals surface area (Å²) in [6.45, 7) is 4.11. The number of nitrogens with zero attached hydrogens (tertiary/aromatic N) is 1. The smallest absolute Gasteiger partial charge is 0.160 e. The number of phenols is 1. The van der Waals surface area contributed by atoms with Gasteiger partial charge in [0.1, 0.15) is 5.78 Å². The van der Waals surface area contributed by atoms with Gasteiger partial charge in [0.25, 0.3) is 0 Å². The van der Waals surface area contributed by atoms with E-state index < -0.39 is 5.41 Å². The van der Waals surface area contributed by atoms with Gasteiger partial charge >= 0.3 is 0 Å². The highest BCUT2D eigenvalue weighted by atomic mass is 35.5. The molecule has 3 fully saturated rings. The van der Waals surface area contributed by atoms with Gasteiger partial charge in [-0.3, -0.25) is 9.69 Å². The van der Waals surface area contributed by atoms with E-state index in [4.69, 9.17) is 25.8 Å². The molecule has 1 aliphatic heterocycles. The molecule has 7 heteroatoms. The van der Waals surface area contributed by atoms with E-state index in [1.54, 1.807) is 21.3 Å². The van der Waals surface area contributed by atoms with E-state index in [-0.39, 0.29) is 46.8 Å². The summed E-state index contributed by atoms with van der Waals surface area (Å²) in [6, 6.07) is 4.04. The number of halogens is 1.